The summed E-state index contributed by atoms with van der Waals surface area (Å²) in [4.78, 5) is 2.32. The van der Waals surface area contributed by atoms with Gasteiger partial charge >= 0.3 is 0 Å². The molecule has 2 heteroatoms. The molecule has 2 rings (SSSR count). The lowest BCUT2D eigenvalue weighted by Crippen LogP contribution is -2.21. The van der Waals surface area contributed by atoms with Gasteiger partial charge < -0.3 is 9.64 Å². The van der Waals surface area contributed by atoms with Crippen LogP contribution in [0.25, 0.3) is 0 Å². The van der Waals surface area contributed by atoms with E-state index in [1.807, 2.05) is 0 Å². The molecule has 0 bridgehead atoms. The molecule has 1 heterocycles. The Balaban J connectivity index is 2.01. The Kier molecular flexibility index (Phi) is 3.49. The lowest BCUT2D eigenvalue weighted by molar-refractivity contribution is 0.208. The standard InChI is InChI=1S/C14H21NO/c1-11(2)12-5-4-6-13(9-12)16-14-7-8-15(3)10-14/h4-6,9,11,14H,7-8,10H2,1-3H3. The first-order valence-corrected chi connectivity index (χ1v) is 6.10. The number of hydrogen-bond acceptors (Lipinski definition) is 2. The first kappa shape index (κ1) is 11.5. The Morgan fingerprint density at radius 1 is 1.38 bits per heavy atom. The van der Waals surface area contributed by atoms with Crippen molar-refractivity contribution in [1.29, 1.82) is 0 Å². The topological polar surface area (TPSA) is 12.5 Å². The van der Waals surface area contributed by atoms with Gasteiger partial charge in [0.2, 0.25) is 0 Å². The maximum atomic E-state index is 5.99. The number of benzene rings is 1. The van der Waals surface area contributed by atoms with Crippen molar-refractivity contribution >= 4 is 0 Å². The average Bonchev–Trinajstić information content (AvgIpc) is 2.64. The highest BCUT2D eigenvalue weighted by atomic mass is 16.5. The van der Waals surface area contributed by atoms with Crippen LogP contribution in [0.2, 0.25) is 0 Å². The zero-order chi connectivity index (χ0) is 11.5. The van der Waals surface area contributed by atoms with Crippen LogP contribution in [0.1, 0.15) is 31.7 Å². The van der Waals surface area contributed by atoms with Crippen LogP contribution in [-0.4, -0.2) is 31.1 Å². The fourth-order valence-electron chi connectivity index (χ4n) is 2.13. The summed E-state index contributed by atoms with van der Waals surface area (Å²) in [5.41, 5.74) is 1.35. The third kappa shape index (κ3) is 2.76. The molecule has 1 aliphatic rings. The van der Waals surface area contributed by atoms with E-state index in [0.29, 0.717) is 12.0 Å². The van der Waals surface area contributed by atoms with Crippen molar-refractivity contribution in [2.24, 2.45) is 0 Å². The minimum Gasteiger partial charge on any atom is -0.489 e. The molecule has 1 aromatic rings. The number of rotatable bonds is 3. The van der Waals surface area contributed by atoms with Crippen LogP contribution in [0.3, 0.4) is 0 Å². The van der Waals surface area contributed by atoms with E-state index in [0.717, 1.165) is 25.3 Å². The SMILES string of the molecule is CC(C)c1cccc(OC2CCN(C)C2)c1. The Hall–Kier alpha value is -1.02. The quantitative estimate of drug-likeness (QED) is 0.775. The maximum absolute atomic E-state index is 5.99. The predicted octanol–water partition coefficient (Wildman–Crippen LogP) is 2.89. The summed E-state index contributed by atoms with van der Waals surface area (Å²) < 4.78 is 5.99. The zero-order valence-corrected chi connectivity index (χ0v) is 10.4. The number of likely N-dealkylation sites (N-methyl/N-ethyl adjacent to an activating group) is 1. The fraction of sp³-hybridized carbons (Fsp3) is 0.571. The molecular weight excluding hydrogens is 198 g/mol. The monoisotopic (exact) mass is 219 g/mol. The highest BCUT2D eigenvalue weighted by Gasteiger charge is 2.20. The minimum absolute atomic E-state index is 0.368. The van der Waals surface area contributed by atoms with Crippen LogP contribution in [0.4, 0.5) is 0 Å². The zero-order valence-electron chi connectivity index (χ0n) is 10.4. The molecule has 1 fully saturated rings. The van der Waals surface area contributed by atoms with Crippen LogP contribution < -0.4 is 4.74 Å². The Labute approximate surface area is 98.2 Å². The summed E-state index contributed by atoms with van der Waals surface area (Å²) in [5.74, 6) is 1.58. The van der Waals surface area contributed by atoms with Crippen molar-refractivity contribution < 1.29 is 4.74 Å². The minimum atomic E-state index is 0.368. The van der Waals surface area contributed by atoms with E-state index in [2.05, 4.69) is 50.1 Å². The van der Waals surface area contributed by atoms with Gasteiger partial charge in [-0.1, -0.05) is 26.0 Å². The normalized spacial score (nSPS) is 21.6. The molecule has 1 atom stereocenters. The molecule has 2 nitrogen and oxygen atoms in total. The Bertz CT molecular complexity index is 348. The van der Waals surface area contributed by atoms with Crippen LogP contribution in [0.5, 0.6) is 5.75 Å². The van der Waals surface area contributed by atoms with E-state index in [1.165, 1.54) is 5.56 Å². The molecule has 0 saturated carbocycles. The number of hydrogen-bond donors (Lipinski definition) is 0. The van der Waals surface area contributed by atoms with Crippen molar-refractivity contribution in [3.63, 3.8) is 0 Å². The van der Waals surface area contributed by atoms with E-state index in [4.69, 9.17) is 4.74 Å². The molecule has 1 saturated heterocycles. The van der Waals surface area contributed by atoms with E-state index in [9.17, 15) is 0 Å². The van der Waals surface area contributed by atoms with Crippen molar-refractivity contribution in [3.8, 4) is 5.75 Å². The summed E-state index contributed by atoms with van der Waals surface area (Å²) in [6, 6.07) is 8.48. The summed E-state index contributed by atoms with van der Waals surface area (Å²) in [6.45, 7) is 6.62. The number of ether oxygens (including phenoxy) is 1. The van der Waals surface area contributed by atoms with Gasteiger partial charge in [0.1, 0.15) is 11.9 Å². The van der Waals surface area contributed by atoms with Gasteiger partial charge in [-0.05, 0) is 37.1 Å². The third-order valence-electron chi connectivity index (χ3n) is 3.18. The van der Waals surface area contributed by atoms with Gasteiger partial charge in [0.25, 0.3) is 0 Å². The molecule has 1 unspecified atom stereocenters. The molecular formula is C14H21NO. The predicted molar refractivity (Wildman–Crippen MR) is 67.1 cm³/mol. The van der Waals surface area contributed by atoms with Crippen LogP contribution >= 0.6 is 0 Å². The van der Waals surface area contributed by atoms with Crippen molar-refractivity contribution in [2.75, 3.05) is 20.1 Å². The van der Waals surface area contributed by atoms with Crippen LogP contribution in [0.15, 0.2) is 24.3 Å². The molecule has 0 aromatic heterocycles. The highest BCUT2D eigenvalue weighted by Crippen LogP contribution is 2.22. The molecule has 1 aromatic carbocycles. The number of likely N-dealkylation sites (tertiary alicyclic amines) is 1. The largest absolute Gasteiger partial charge is 0.489 e. The van der Waals surface area contributed by atoms with Gasteiger partial charge in [0.15, 0.2) is 0 Å². The van der Waals surface area contributed by atoms with E-state index in [1.54, 1.807) is 0 Å². The molecule has 1 aliphatic heterocycles. The van der Waals surface area contributed by atoms with Gasteiger partial charge in [-0.15, -0.1) is 0 Å². The number of nitrogens with zero attached hydrogens (tertiary/aromatic N) is 1. The van der Waals surface area contributed by atoms with Gasteiger partial charge in [0.05, 0.1) is 0 Å². The van der Waals surface area contributed by atoms with E-state index in [-0.39, 0.29) is 0 Å². The van der Waals surface area contributed by atoms with Gasteiger partial charge in [-0.25, -0.2) is 0 Å². The van der Waals surface area contributed by atoms with Crippen molar-refractivity contribution in [1.82, 2.24) is 4.90 Å². The summed E-state index contributed by atoms with van der Waals surface area (Å²) in [5, 5.41) is 0. The summed E-state index contributed by atoms with van der Waals surface area (Å²) in [7, 11) is 2.15. The smallest absolute Gasteiger partial charge is 0.120 e. The maximum Gasteiger partial charge on any atom is 0.120 e. The molecule has 0 N–H and O–H groups in total. The third-order valence-corrected chi connectivity index (χ3v) is 3.18. The average molecular weight is 219 g/mol. The summed E-state index contributed by atoms with van der Waals surface area (Å²) in [6.07, 6.45) is 1.51. The second kappa shape index (κ2) is 4.88. The van der Waals surface area contributed by atoms with Crippen molar-refractivity contribution in [2.45, 2.75) is 32.3 Å². The van der Waals surface area contributed by atoms with E-state index < -0.39 is 0 Å². The second-order valence-electron chi connectivity index (χ2n) is 5.02. The van der Waals surface area contributed by atoms with Gasteiger partial charge in [0, 0.05) is 13.1 Å². The van der Waals surface area contributed by atoms with Crippen LogP contribution in [-0.2, 0) is 0 Å². The van der Waals surface area contributed by atoms with Crippen molar-refractivity contribution in [3.05, 3.63) is 29.8 Å². The Morgan fingerprint density at radius 3 is 2.81 bits per heavy atom. The fourth-order valence-corrected chi connectivity index (χ4v) is 2.13. The lowest BCUT2D eigenvalue weighted by Gasteiger charge is -2.15. The molecule has 88 valence electrons. The van der Waals surface area contributed by atoms with Gasteiger partial charge in [-0.2, -0.15) is 0 Å². The molecule has 0 radical (unpaired) electrons. The lowest BCUT2D eigenvalue weighted by atomic mass is 10.0. The Morgan fingerprint density at radius 2 is 2.19 bits per heavy atom. The van der Waals surface area contributed by atoms with E-state index >= 15 is 0 Å². The molecule has 16 heavy (non-hydrogen) atoms. The molecule has 0 aliphatic carbocycles. The summed E-state index contributed by atoms with van der Waals surface area (Å²) >= 11 is 0. The van der Waals surface area contributed by atoms with Gasteiger partial charge in [-0.3, -0.25) is 0 Å². The first-order chi connectivity index (χ1) is 7.65. The molecule has 0 spiro atoms. The highest BCUT2D eigenvalue weighted by molar-refractivity contribution is 5.30. The molecule has 0 amide bonds. The van der Waals surface area contributed by atoms with Crippen LogP contribution in [0, 0.1) is 0 Å². The second-order valence-corrected chi connectivity index (χ2v) is 5.02. The first-order valence-electron chi connectivity index (χ1n) is 6.10.